The predicted octanol–water partition coefficient (Wildman–Crippen LogP) is 2.69. The summed E-state index contributed by atoms with van der Waals surface area (Å²) in [4.78, 5) is 43.3. The number of nitrogens with zero attached hydrogens (tertiary/aromatic N) is 2. The molecule has 0 aromatic carbocycles. The molecule has 0 aliphatic heterocycles. The van der Waals surface area contributed by atoms with E-state index in [2.05, 4.69) is 31.2 Å². The van der Waals surface area contributed by atoms with Gasteiger partial charge in [-0.3, -0.25) is 9.59 Å². The molecule has 1 aliphatic carbocycles. The van der Waals surface area contributed by atoms with E-state index in [1.165, 1.54) is 19.2 Å². The number of hydrogen-bond donors (Lipinski definition) is 6. The molecule has 176 valence electrons. The number of amides is 2. The zero-order valence-corrected chi connectivity index (χ0v) is 18.2. The summed E-state index contributed by atoms with van der Waals surface area (Å²) in [7, 11) is 1.63. The van der Waals surface area contributed by atoms with Crippen LogP contribution in [0.5, 0.6) is 0 Å². The van der Waals surface area contributed by atoms with Gasteiger partial charge >= 0.3 is 6.09 Å². The van der Waals surface area contributed by atoms with E-state index in [4.69, 9.17) is 10.8 Å². The maximum atomic E-state index is 14.8. The molecule has 0 saturated heterocycles. The Labute approximate surface area is 189 Å². The van der Waals surface area contributed by atoms with Crippen molar-refractivity contribution in [1.29, 1.82) is 0 Å². The van der Waals surface area contributed by atoms with Crippen molar-refractivity contribution < 1.29 is 23.9 Å². The topological polar surface area (TPSA) is 171 Å². The van der Waals surface area contributed by atoms with Gasteiger partial charge in [0, 0.05) is 13.1 Å². The number of halogens is 1. The lowest BCUT2D eigenvalue weighted by Gasteiger charge is -2.32. The summed E-state index contributed by atoms with van der Waals surface area (Å²) in [6, 6.07) is 1.69. The molecule has 2 aromatic rings. The Hall–Kier alpha value is -3.96. The van der Waals surface area contributed by atoms with Crippen LogP contribution in [0.2, 0.25) is 0 Å². The minimum absolute atomic E-state index is 0.0292. The first-order chi connectivity index (χ1) is 15.7. The van der Waals surface area contributed by atoms with E-state index in [1.54, 1.807) is 7.05 Å². The van der Waals surface area contributed by atoms with Crippen molar-refractivity contribution >= 4 is 40.9 Å². The molecule has 2 amide bonds. The SMILES string of the molecule is CNc1ncc(Nc2nc(N[C@@H]3CCCC[C@@H]3NC(=O)O)c(F)cc2C(N)=O)cc1C(C)=O. The summed E-state index contributed by atoms with van der Waals surface area (Å²) < 4.78 is 14.8. The van der Waals surface area contributed by atoms with Gasteiger partial charge in [0.15, 0.2) is 17.4 Å². The van der Waals surface area contributed by atoms with Gasteiger partial charge in [-0.25, -0.2) is 19.2 Å². The van der Waals surface area contributed by atoms with E-state index in [0.717, 1.165) is 18.9 Å². The zero-order valence-electron chi connectivity index (χ0n) is 18.2. The summed E-state index contributed by atoms with van der Waals surface area (Å²) in [5.74, 6) is -1.73. The third-order valence-electron chi connectivity index (χ3n) is 5.40. The molecule has 1 aliphatic rings. The van der Waals surface area contributed by atoms with Crippen LogP contribution in [-0.2, 0) is 0 Å². The molecule has 0 spiro atoms. The average molecular weight is 459 g/mol. The number of carboxylic acid groups (broad SMARTS) is 1. The minimum atomic E-state index is -1.16. The Morgan fingerprint density at radius 3 is 2.39 bits per heavy atom. The van der Waals surface area contributed by atoms with E-state index < -0.39 is 23.9 Å². The van der Waals surface area contributed by atoms with Crippen LogP contribution in [-0.4, -0.2) is 52.0 Å². The second-order valence-corrected chi connectivity index (χ2v) is 7.72. The first-order valence-electron chi connectivity index (χ1n) is 10.4. The van der Waals surface area contributed by atoms with Crippen molar-refractivity contribution in [2.24, 2.45) is 5.73 Å². The van der Waals surface area contributed by atoms with Crippen LogP contribution in [0, 0.1) is 5.82 Å². The van der Waals surface area contributed by atoms with Crippen LogP contribution >= 0.6 is 0 Å². The van der Waals surface area contributed by atoms with Gasteiger partial charge in [0.05, 0.1) is 29.1 Å². The number of pyridine rings is 2. The molecule has 0 radical (unpaired) electrons. The highest BCUT2D eigenvalue weighted by Crippen LogP contribution is 2.28. The van der Waals surface area contributed by atoms with Gasteiger partial charge < -0.3 is 32.1 Å². The monoisotopic (exact) mass is 459 g/mol. The number of carbonyl (C=O) groups excluding carboxylic acids is 2. The third-order valence-corrected chi connectivity index (χ3v) is 5.40. The Balaban J connectivity index is 1.94. The van der Waals surface area contributed by atoms with Gasteiger partial charge in [-0.05, 0) is 31.9 Å². The molecule has 0 bridgehead atoms. The maximum Gasteiger partial charge on any atom is 0.404 e. The van der Waals surface area contributed by atoms with Crippen LogP contribution in [0.15, 0.2) is 18.3 Å². The molecule has 3 rings (SSSR count). The number of nitrogens with two attached hydrogens (primary N) is 1. The van der Waals surface area contributed by atoms with Gasteiger partial charge in [0.25, 0.3) is 5.91 Å². The van der Waals surface area contributed by atoms with E-state index in [0.29, 0.717) is 29.9 Å². The van der Waals surface area contributed by atoms with Crippen LogP contribution in [0.25, 0.3) is 0 Å². The number of aromatic nitrogens is 2. The number of carbonyl (C=O) groups is 3. The Bertz CT molecular complexity index is 1080. The van der Waals surface area contributed by atoms with Crippen molar-refractivity contribution in [3.05, 3.63) is 35.3 Å². The quantitative estimate of drug-likeness (QED) is 0.325. The number of hydrogen-bond acceptors (Lipinski definition) is 8. The largest absolute Gasteiger partial charge is 0.465 e. The first-order valence-corrected chi connectivity index (χ1v) is 10.4. The maximum absolute atomic E-state index is 14.8. The van der Waals surface area contributed by atoms with Gasteiger partial charge in [-0.2, -0.15) is 0 Å². The fourth-order valence-electron chi connectivity index (χ4n) is 3.82. The van der Waals surface area contributed by atoms with Crippen LogP contribution in [0.4, 0.5) is 32.3 Å². The van der Waals surface area contributed by atoms with Crippen molar-refractivity contribution in [3.63, 3.8) is 0 Å². The first kappa shape index (κ1) is 23.7. The lowest BCUT2D eigenvalue weighted by molar-refractivity contribution is 0.0996. The molecular weight excluding hydrogens is 433 g/mol. The van der Waals surface area contributed by atoms with Crippen LogP contribution < -0.4 is 27.0 Å². The molecular formula is C21H26FN7O4. The fourth-order valence-corrected chi connectivity index (χ4v) is 3.82. The highest BCUT2D eigenvalue weighted by atomic mass is 19.1. The molecule has 1 fully saturated rings. The standard InChI is InChI=1S/C21H26FN7O4/c1-10(30)12-7-11(9-25-18(12)24-2)26-19-13(17(23)31)8-14(22)20(29-19)27-15-5-3-4-6-16(15)28-21(32)33/h7-9,15-16,28H,3-6H2,1-2H3,(H2,23,31)(H,24,25)(H,32,33)(H2,26,27,29)/t15-,16+/m1/s1. The average Bonchev–Trinajstić information content (AvgIpc) is 2.76. The number of ketones is 1. The number of anilines is 4. The van der Waals surface area contributed by atoms with Gasteiger partial charge in [-0.1, -0.05) is 12.8 Å². The lowest BCUT2D eigenvalue weighted by Crippen LogP contribution is -2.48. The number of primary amides is 1. The molecule has 7 N–H and O–H groups in total. The molecule has 1 saturated carbocycles. The number of Topliss-reactive ketones (excluding diaryl/α,β-unsaturated/α-hetero) is 1. The molecule has 33 heavy (non-hydrogen) atoms. The second kappa shape index (κ2) is 10.1. The summed E-state index contributed by atoms with van der Waals surface area (Å²) >= 11 is 0. The highest BCUT2D eigenvalue weighted by molar-refractivity contribution is 6.01. The molecule has 2 atom stereocenters. The second-order valence-electron chi connectivity index (χ2n) is 7.72. The van der Waals surface area contributed by atoms with Gasteiger partial charge in [0.2, 0.25) is 0 Å². The predicted molar refractivity (Wildman–Crippen MR) is 121 cm³/mol. The Kier molecular flexibility index (Phi) is 7.26. The van der Waals surface area contributed by atoms with Crippen molar-refractivity contribution in [2.75, 3.05) is 23.0 Å². The summed E-state index contributed by atoms with van der Waals surface area (Å²) in [6.07, 6.45) is 3.18. The summed E-state index contributed by atoms with van der Waals surface area (Å²) in [5, 5.41) is 20.2. The lowest BCUT2D eigenvalue weighted by atomic mass is 9.90. The summed E-state index contributed by atoms with van der Waals surface area (Å²) in [5.41, 5.74) is 5.88. The zero-order chi connectivity index (χ0) is 24.1. The Morgan fingerprint density at radius 2 is 1.79 bits per heavy atom. The normalized spacial score (nSPS) is 17.7. The number of nitrogens with one attached hydrogen (secondary N) is 4. The Morgan fingerprint density at radius 1 is 1.09 bits per heavy atom. The molecule has 2 aromatic heterocycles. The summed E-state index contributed by atoms with van der Waals surface area (Å²) in [6.45, 7) is 1.39. The van der Waals surface area contributed by atoms with E-state index >= 15 is 0 Å². The molecule has 2 heterocycles. The van der Waals surface area contributed by atoms with E-state index in [9.17, 15) is 18.8 Å². The minimum Gasteiger partial charge on any atom is -0.465 e. The third kappa shape index (κ3) is 5.64. The molecule has 12 heteroatoms. The molecule has 0 unspecified atom stereocenters. The van der Waals surface area contributed by atoms with Crippen LogP contribution in [0.3, 0.4) is 0 Å². The fraction of sp³-hybridized carbons (Fsp3) is 0.381. The van der Waals surface area contributed by atoms with Gasteiger partial charge in [0.1, 0.15) is 11.6 Å². The van der Waals surface area contributed by atoms with Gasteiger partial charge in [-0.15, -0.1) is 0 Å². The van der Waals surface area contributed by atoms with Crippen molar-refractivity contribution in [3.8, 4) is 0 Å². The van der Waals surface area contributed by atoms with Crippen molar-refractivity contribution in [1.82, 2.24) is 15.3 Å². The number of rotatable bonds is 8. The van der Waals surface area contributed by atoms with Crippen LogP contribution in [0.1, 0.15) is 53.3 Å². The van der Waals surface area contributed by atoms with E-state index in [-0.39, 0.29) is 29.0 Å². The van der Waals surface area contributed by atoms with Crippen molar-refractivity contribution in [2.45, 2.75) is 44.7 Å². The van der Waals surface area contributed by atoms with E-state index in [1.807, 2.05) is 0 Å². The smallest absolute Gasteiger partial charge is 0.404 e. The highest BCUT2D eigenvalue weighted by Gasteiger charge is 2.28. The molecule has 11 nitrogen and oxygen atoms in total.